The van der Waals surface area contributed by atoms with Crippen LogP contribution < -0.4 is 5.32 Å². The van der Waals surface area contributed by atoms with E-state index in [1.54, 1.807) is 12.3 Å². The van der Waals surface area contributed by atoms with E-state index in [0.717, 1.165) is 0 Å². The Morgan fingerprint density at radius 3 is 2.52 bits per heavy atom. The Hall–Kier alpha value is -1.96. The zero-order valence-electron chi connectivity index (χ0n) is 12.1. The second kappa shape index (κ2) is 7.16. The Kier molecular flexibility index (Phi) is 5.83. The summed E-state index contributed by atoms with van der Waals surface area (Å²) < 4.78 is 0. The number of nitrogens with zero attached hydrogens (tertiary/aromatic N) is 3. The molecule has 0 aliphatic rings. The number of nitrogens with one attached hydrogen (secondary N) is 1. The number of aliphatic imine (C=N–C) groups is 1. The molecule has 1 unspecified atom stereocenters. The molecule has 7 nitrogen and oxygen atoms in total. The molecular weight excluding hydrogens is 292 g/mol. The highest BCUT2D eigenvalue weighted by Crippen LogP contribution is 2.06. The van der Waals surface area contributed by atoms with Gasteiger partial charge in [0, 0.05) is 12.0 Å². The molecule has 1 aromatic heterocycles. The first-order valence-electron chi connectivity index (χ1n) is 6.26. The minimum absolute atomic E-state index is 0.00910. The van der Waals surface area contributed by atoms with E-state index in [9.17, 15) is 9.59 Å². The van der Waals surface area contributed by atoms with Crippen LogP contribution in [-0.2, 0) is 4.79 Å². The number of rotatable bonds is 5. The Labute approximate surface area is 128 Å². The van der Waals surface area contributed by atoms with Gasteiger partial charge in [-0.05, 0) is 32.9 Å². The SMILES string of the molecule is CC(C)(C)N=Cc1ccc(C(=O)NC(CS)C(=O)O)nn1. The number of carbonyl (C=O) groups is 2. The van der Waals surface area contributed by atoms with Crippen molar-refractivity contribution in [2.75, 3.05) is 5.75 Å². The van der Waals surface area contributed by atoms with Gasteiger partial charge in [0.15, 0.2) is 5.69 Å². The minimum atomic E-state index is -1.15. The lowest BCUT2D eigenvalue weighted by atomic mass is 10.1. The van der Waals surface area contributed by atoms with Crippen LogP contribution in [0.5, 0.6) is 0 Å². The third-order valence-electron chi connectivity index (χ3n) is 2.29. The molecule has 0 aliphatic heterocycles. The van der Waals surface area contributed by atoms with E-state index in [2.05, 4.69) is 33.1 Å². The molecule has 1 rings (SSSR count). The fourth-order valence-corrected chi connectivity index (χ4v) is 1.46. The van der Waals surface area contributed by atoms with Crippen molar-refractivity contribution < 1.29 is 14.7 Å². The third-order valence-corrected chi connectivity index (χ3v) is 2.65. The van der Waals surface area contributed by atoms with Crippen LogP contribution in [0.2, 0.25) is 0 Å². The fourth-order valence-electron chi connectivity index (χ4n) is 1.21. The summed E-state index contributed by atoms with van der Waals surface area (Å²) in [6, 6.07) is 1.99. The molecule has 0 saturated carbocycles. The van der Waals surface area contributed by atoms with E-state index in [0.29, 0.717) is 5.69 Å². The zero-order chi connectivity index (χ0) is 16.0. The van der Waals surface area contributed by atoms with Gasteiger partial charge in [0.2, 0.25) is 0 Å². The summed E-state index contributed by atoms with van der Waals surface area (Å²) in [4.78, 5) is 26.9. The number of amides is 1. The Morgan fingerprint density at radius 2 is 2.10 bits per heavy atom. The smallest absolute Gasteiger partial charge is 0.327 e. The number of carboxylic acid groups (broad SMARTS) is 1. The van der Waals surface area contributed by atoms with Crippen molar-refractivity contribution in [1.82, 2.24) is 15.5 Å². The molecule has 0 aliphatic carbocycles. The maximum absolute atomic E-state index is 11.8. The molecule has 1 amide bonds. The summed E-state index contributed by atoms with van der Waals surface area (Å²) in [6.07, 6.45) is 1.57. The molecule has 0 spiro atoms. The average molecular weight is 310 g/mol. The summed E-state index contributed by atoms with van der Waals surface area (Å²) in [6.45, 7) is 5.84. The summed E-state index contributed by atoms with van der Waals surface area (Å²) in [5.41, 5.74) is 0.334. The largest absolute Gasteiger partial charge is 0.480 e. The summed E-state index contributed by atoms with van der Waals surface area (Å²) >= 11 is 3.86. The standard InChI is InChI=1S/C13H18N4O3S/c1-13(2,3)14-6-8-4-5-9(17-16-8)11(18)15-10(7-21)12(19)20/h4-6,10,21H,7H2,1-3H3,(H,15,18)(H,19,20). The number of hydrogen-bond donors (Lipinski definition) is 3. The molecule has 1 atom stereocenters. The highest BCUT2D eigenvalue weighted by atomic mass is 32.1. The molecule has 0 radical (unpaired) electrons. The van der Waals surface area contributed by atoms with Gasteiger partial charge in [0.05, 0.1) is 5.54 Å². The molecule has 1 heterocycles. The number of aromatic nitrogens is 2. The van der Waals surface area contributed by atoms with Crippen LogP contribution >= 0.6 is 12.6 Å². The van der Waals surface area contributed by atoms with Crippen molar-refractivity contribution in [2.45, 2.75) is 32.4 Å². The van der Waals surface area contributed by atoms with Gasteiger partial charge in [-0.25, -0.2) is 4.79 Å². The highest BCUT2D eigenvalue weighted by molar-refractivity contribution is 7.80. The van der Waals surface area contributed by atoms with E-state index in [-0.39, 0.29) is 17.0 Å². The van der Waals surface area contributed by atoms with Gasteiger partial charge >= 0.3 is 5.97 Å². The van der Waals surface area contributed by atoms with Crippen LogP contribution in [0.3, 0.4) is 0 Å². The van der Waals surface area contributed by atoms with Crippen molar-refractivity contribution in [1.29, 1.82) is 0 Å². The zero-order valence-corrected chi connectivity index (χ0v) is 13.0. The maximum atomic E-state index is 11.8. The molecule has 0 saturated heterocycles. The summed E-state index contributed by atoms with van der Waals surface area (Å²) in [5, 5.41) is 18.8. The van der Waals surface area contributed by atoms with E-state index < -0.39 is 17.9 Å². The van der Waals surface area contributed by atoms with Crippen LogP contribution in [0.15, 0.2) is 17.1 Å². The van der Waals surface area contributed by atoms with Crippen LogP contribution in [0.4, 0.5) is 0 Å². The molecular formula is C13H18N4O3S. The molecule has 0 fully saturated rings. The predicted octanol–water partition coefficient (Wildman–Crippen LogP) is 0.807. The third kappa shape index (κ3) is 5.90. The monoisotopic (exact) mass is 310 g/mol. The number of thiol groups is 1. The van der Waals surface area contributed by atoms with Crippen molar-refractivity contribution in [3.8, 4) is 0 Å². The van der Waals surface area contributed by atoms with Gasteiger partial charge in [-0.1, -0.05) is 0 Å². The quantitative estimate of drug-likeness (QED) is 0.551. The van der Waals surface area contributed by atoms with Gasteiger partial charge in [-0.2, -0.15) is 12.6 Å². The van der Waals surface area contributed by atoms with Crippen LogP contribution in [0.25, 0.3) is 0 Å². The van der Waals surface area contributed by atoms with Crippen molar-refractivity contribution in [3.63, 3.8) is 0 Å². The van der Waals surface area contributed by atoms with Gasteiger partial charge in [0.1, 0.15) is 11.7 Å². The molecule has 8 heteroatoms. The average Bonchev–Trinajstić information content (AvgIpc) is 2.41. The number of aliphatic carboxylic acids is 1. The molecule has 21 heavy (non-hydrogen) atoms. The number of carbonyl (C=O) groups excluding carboxylic acids is 1. The van der Waals surface area contributed by atoms with Crippen molar-refractivity contribution >= 4 is 30.7 Å². The minimum Gasteiger partial charge on any atom is -0.480 e. The highest BCUT2D eigenvalue weighted by Gasteiger charge is 2.19. The lowest BCUT2D eigenvalue weighted by molar-refractivity contribution is -0.138. The molecule has 114 valence electrons. The van der Waals surface area contributed by atoms with E-state index in [4.69, 9.17) is 5.11 Å². The summed E-state index contributed by atoms with van der Waals surface area (Å²) in [7, 11) is 0. The number of carboxylic acids is 1. The van der Waals surface area contributed by atoms with Crippen molar-refractivity contribution in [2.24, 2.45) is 4.99 Å². The molecule has 2 N–H and O–H groups in total. The van der Waals surface area contributed by atoms with Gasteiger partial charge < -0.3 is 10.4 Å². The van der Waals surface area contributed by atoms with Crippen LogP contribution in [0.1, 0.15) is 37.0 Å². The Balaban J connectivity index is 2.76. The topological polar surface area (TPSA) is 105 Å². The lowest BCUT2D eigenvalue weighted by Gasteiger charge is -2.11. The van der Waals surface area contributed by atoms with Crippen LogP contribution in [-0.4, -0.2) is 50.7 Å². The fraction of sp³-hybridized carbons (Fsp3) is 0.462. The first kappa shape index (κ1) is 17.1. The summed E-state index contributed by atoms with van der Waals surface area (Å²) in [5.74, 6) is -1.77. The maximum Gasteiger partial charge on any atom is 0.327 e. The van der Waals surface area contributed by atoms with Gasteiger partial charge in [-0.3, -0.25) is 9.79 Å². The van der Waals surface area contributed by atoms with E-state index in [1.165, 1.54) is 6.07 Å². The van der Waals surface area contributed by atoms with E-state index >= 15 is 0 Å². The number of hydrogen-bond acceptors (Lipinski definition) is 6. The Bertz CT molecular complexity index is 537. The second-order valence-electron chi connectivity index (χ2n) is 5.32. The van der Waals surface area contributed by atoms with Gasteiger partial charge in [0.25, 0.3) is 5.91 Å². The van der Waals surface area contributed by atoms with Crippen LogP contribution in [0, 0.1) is 0 Å². The first-order valence-corrected chi connectivity index (χ1v) is 6.89. The Morgan fingerprint density at radius 1 is 1.43 bits per heavy atom. The molecule has 0 bridgehead atoms. The van der Waals surface area contributed by atoms with E-state index in [1.807, 2.05) is 20.8 Å². The van der Waals surface area contributed by atoms with Crippen molar-refractivity contribution in [3.05, 3.63) is 23.5 Å². The predicted molar refractivity (Wildman–Crippen MR) is 82.1 cm³/mol. The first-order chi connectivity index (χ1) is 9.73. The lowest BCUT2D eigenvalue weighted by Crippen LogP contribution is -2.42. The molecule has 0 aromatic carbocycles. The normalized spacial score (nSPS) is 13.1. The second-order valence-corrected chi connectivity index (χ2v) is 5.68. The van der Waals surface area contributed by atoms with Gasteiger partial charge in [-0.15, -0.1) is 10.2 Å². The molecule has 1 aromatic rings.